The fourth-order valence-electron chi connectivity index (χ4n) is 3.93. The molecule has 0 aromatic heterocycles. The number of anilines is 2. The molecule has 0 bridgehead atoms. The average molecular weight is 492 g/mol. The second kappa shape index (κ2) is 11.1. The number of carbonyl (C=O) groups is 3. The van der Waals surface area contributed by atoms with Gasteiger partial charge in [0.25, 0.3) is 5.91 Å². The van der Waals surface area contributed by atoms with Crippen LogP contribution in [0.3, 0.4) is 0 Å². The van der Waals surface area contributed by atoms with E-state index in [0.717, 1.165) is 11.3 Å². The fourth-order valence-corrected chi connectivity index (χ4v) is 4.05. The van der Waals surface area contributed by atoms with Gasteiger partial charge in [-0.3, -0.25) is 14.4 Å². The van der Waals surface area contributed by atoms with Crippen molar-refractivity contribution in [2.45, 2.75) is 19.9 Å². The molecule has 1 aliphatic rings. The van der Waals surface area contributed by atoms with Gasteiger partial charge in [0, 0.05) is 30.2 Å². The van der Waals surface area contributed by atoms with Crippen molar-refractivity contribution in [2.75, 3.05) is 23.4 Å². The van der Waals surface area contributed by atoms with Crippen LogP contribution in [0.25, 0.3) is 0 Å². The van der Waals surface area contributed by atoms with Gasteiger partial charge in [-0.05, 0) is 61.0 Å². The third-order valence-electron chi connectivity index (χ3n) is 5.75. The molecule has 3 amide bonds. The highest BCUT2D eigenvalue weighted by molar-refractivity contribution is 6.30. The van der Waals surface area contributed by atoms with Crippen molar-refractivity contribution in [1.29, 1.82) is 0 Å². The Balaban J connectivity index is 1.38. The van der Waals surface area contributed by atoms with Gasteiger partial charge in [0.2, 0.25) is 11.8 Å². The van der Waals surface area contributed by atoms with E-state index in [1.165, 1.54) is 0 Å². The van der Waals surface area contributed by atoms with Crippen LogP contribution in [0.1, 0.15) is 29.3 Å². The molecule has 180 valence electrons. The first kappa shape index (κ1) is 24.3. The lowest BCUT2D eigenvalue weighted by atomic mass is 10.1. The Hall–Kier alpha value is -3.84. The molecule has 0 unspecified atom stereocenters. The molecule has 0 aliphatic carbocycles. The summed E-state index contributed by atoms with van der Waals surface area (Å²) in [7, 11) is 0. The van der Waals surface area contributed by atoms with E-state index >= 15 is 0 Å². The molecule has 1 saturated heterocycles. The molecule has 1 fully saturated rings. The van der Waals surface area contributed by atoms with Crippen LogP contribution < -0.4 is 20.3 Å². The zero-order valence-electron chi connectivity index (χ0n) is 19.3. The van der Waals surface area contributed by atoms with Crippen LogP contribution in [0.15, 0.2) is 72.8 Å². The maximum absolute atomic E-state index is 13.0. The molecule has 4 rings (SSSR count). The highest BCUT2D eigenvalue weighted by Crippen LogP contribution is 2.27. The van der Waals surface area contributed by atoms with Crippen LogP contribution in [-0.2, 0) is 16.1 Å². The van der Waals surface area contributed by atoms with Gasteiger partial charge < -0.3 is 20.3 Å². The number of ether oxygens (including phenoxy) is 1. The SMILES string of the molecule is CCOc1ccc(CNC(=O)c2ccccc2NC(=O)[C@H]2CC(=O)N(c3ccc(Cl)cc3)C2)cc1. The van der Waals surface area contributed by atoms with Crippen LogP contribution in [0.4, 0.5) is 11.4 Å². The average Bonchev–Trinajstić information content (AvgIpc) is 3.26. The van der Waals surface area contributed by atoms with Crippen LogP contribution >= 0.6 is 11.6 Å². The molecule has 2 N–H and O–H groups in total. The summed E-state index contributed by atoms with van der Waals surface area (Å²) in [6.07, 6.45) is 0.0978. The molecule has 0 spiro atoms. The van der Waals surface area contributed by atoms with Crippen molar-refractivity contribution < 1.29 is 19.1 Å². The predicted octanol–water partition coefficient (Wildman–Crippen LogP) is 4.66. The fraction of sp³-hybridized carbons (Fsp3) is 0.222. The molecule has 1 atom stereocenters. The van der Waals surface area contributed by atoms with Gasteiger partial charge in [0.15, 0.2) is 0 Å². The standard InChI is InChI=1S/C27H26ClN3O4/c1-2-35-22-13-7-18(8-14-22)16-29-27(34)23-5-3-4-6-24(23)30-26(33)19-15-25(32)31(17-19)21-11-9-20(28)10-12-21/h3-14,19H,2,15-17H2,1H3,(H,29,34)(H,30,33)/t19-/m0/s1. The highest BCUT2D eigenvalue weighted by Gasteiger charge is 2.35. The topological polar surface area (TPSA) is 87.7 Å². The zero-order valence-corrected chi connectivity index (χ0v) is 20.0. The number of nitrogens with zero attached hydrogens (tertiary/aromatic N) is 1. The number of rotatable bonds is 8. The van der Waals surface area contributed by atoms with Crippen molar-refractivity contribution in [1.82, 2.24) is 5.32 Å². The minimum Gasteiger partial charge on any atom is -0.494 e. The van der Waals surface area contributed by atoms with E-state index in [2.05, 4.69) is 10.6 Å². The van der Waals surface area contributed by atoms with Gasteiger partial charge >= 0.3 is 0 Å². The summed E-state index contributed by atoms with van der Waals surface area (Å²) in [6, 6.07) is 21.2. The number of amides is 3. The third-order valence-corrected chi connectivity index (χ3v) is 6.00. The monoisotopic (exact) mass is 491 g/mol. The molecular weight excluding hydrogens is 466 g/mol. The molecule has 3 aromatic rings. The zero-order chi connectivity index (χ0) is 24.8. The van der Waals surface area contributed by atoms with Crippen LogP contribution in [-0.4, -0.2) is 30.9 Å². The number of benzene rings is 3. The number of hydrogen-bond acceptors (Lipinski definition) is 4. The van der Waals surface area contributed by atoms with Crippen molar-refractivity contribution in [3.05, 3.63) is 88.9 Å². The first-order chi connectivity index (χ1) is 16.9. The normalized spacial score (nSPS) is 15.1. The van der Waals surface area contributed by atoms with Gasteiger partial charge in [-0.15, -0.1) is 0 Å². The summed E-state index contributed by atoms with van der Waals surface area (Å²) in [6.45, 7) is 3.11. The molecule has 0 saturated carbocycles. The van der Waals surface area contributed by atoms with E-state index in [1.807, 2.05) is 31.2 Å². The number of para-hydroxylation sites is 1. The highest BCUT2D eigenvalue weighted by atomic mass is 35.5. The third kappa shape index (κ3) is 6.00. The summed E-state index contributed by atoms with van der Waals surface area (Å²) >= 11 is 5.93. The van der Waals surface area contributed by atoms with Crippen LogP contribution in [0.2, 0.25) is 5.02 Å². The van der Waals surface area contributed by atoms with Crippen molar-refractivity contribution in [2.24, 2.45) is 5.92 Å². The second-order valence-electron chi connectivity index (χ2n) is 8.18. The van der Waals surface area contributed by atoms with Gasteiger partial charge in [0.1, 0.15) is 5.75 Å². The number of halogens is 1. The van der Waals surface area contributed by atoms with Crippen molar-refractivity contribution in [3.8, 4) is 5.75 Å². The minimum absolute atomic E-state index is 0.0978. The largest absolute Gasteiger partial charge is 0.494 e. The molecule has 1 aliphatic heterocycles. The maximum Gasteiger partial charge on any atom is 0.253 e. The van der Waals surface area contributed by atoms with E-state index < -0.39 is 5.92 Å². The molecular formula is C27H26ClN3O4. The van der Waals surface area contributed by atoms with Gasteiger partial charge in [-0.25, -0.2) is 0 Å². The Morgan fingerprint density at radius 2 is 1.74 bits per heavy atom. The van der Waals surface area contributed by atoms with Crippen molar-refractivity contribution in [3.63, 3.8) is 0 Å². The molecule has 0 radical (unpaired) electrons. The Kier molecular flexibility index (Phi) is 7.67. The van der Waals surface area contributed by atoms with E-state index in [1.54, 1.807) is 53.4 Å². The first-order valence-electron chi connectivity index (χ1n) is 11.4. The number of nitrogens with one attached hydrogen (secondary N) is 2. The van der Waals surface area contributed by atoms with E-state index in [-0.39, 0.29) is 30.7 Å². The summed E-state index contributed by atoms with van der Waals surface area (Å²) in [5, 5.41) is 6.30. The minimum atomic E-state index is -0.529. The lowest BCUT2D eigenvalue weighted by Gasteiger charge is -2.17. The summed E-state index contributed by atoms with van der Waals surface area (Å²) < 4.78 is 5.44. The van der Waals surface area contributed by atoms with Crippen LogP contribution in [0.5, 0.6) is 5.75 Å². The van der Waals surface area contributed by atoms with Crippen LogP contribution in [0, 0.1) is 5.92 Å². The second-order valence-corrected chi connectivity index (χ2v) is 8.61. The smallest absolute Gasteiger partial charge is 0.253 e. The Morgan fingerprint density at radius 3 is 2.46 bits per heavy atom. The predicted molar refractivity (Wildman–Crippen MR) is 136 cm³/mol. The van der Waals surface area contributed by atoms with E-state index in [0.29, 0.717) is 35.1 Å². The summed E-state index contributed by atoms with van der Waals surface area (Å²) in [4.78, 5) is 39.9. The molecule has 3 aromatic carbocycles. The summed E-state index contributed by atoms with van der Waals surface area (Å²) in [5.41, 5.74) is 2.38. The van der Waals surface area contributed by atoms with Crippen molar-refractivity contribution >= 4 is 40.7 Å². The number of hydrogen-bond donors (Lipinski definition) is 2. The first-order valence-corrected chi connectivity index (χ1v) is 11.8. The lowest BCUT2D eigenvalue weighted by molar-refractivity contribution is -0.122. The van der Waals surface area contributed by atoms with E-state index in [9.17, 15) is 14.4 Å². The molecule has 1 heterocycles. The molecule has 35 heavy (non-hydrogen) atoms. The van der Waals surface area contributed by atoms with Gasteiger partial charge in [-0.2, -0.15) is 0 Å². The Bertz CT molecular complexity index is 1210. The Labute approximate surface area is 209 Å². The Morgan fingerprint density at radius 1 is 1.03 bits per heavy atom. The molecule has 8 heteroatoms. The number of carbonyl (C=O) groups excluding carboxylic acids is 3. The summed E-state index contributed by atoms with van der Waals surface area (Å²) in [5.74, 6) is -0.496. The van der Waals surface area contributed by atoms with Gasteiger partial charge in [0.05, 0.1) is 23.8 Å². The van der Waals surface area contributed by atoms with Gasteiger partial charge in [-0.1, -0.05) is 35.9 Å². The lowest BCUT2D eigenvalue weighted by Crippen LogP contribution is -2.29. The van der Waals surface area contributed by atoms with E-state index in [4.69, 9.17) is 16.3 Å². The molecule has 7 nitrogen and oxygen atoms in total. The maximum atomic E-state index is 13.0. The quantitative estimate of drug-likeness (QED) is 0.479.